The minimum Gasteiger partial charge on any atom is -0.381 e. The van der Waals surface area contributed by atoms with Crippen LogP contribution in [0.1, 0.15) is 24.1 Å². The van der Waals surface area contributed by atoms with Crippen LogP contribution in [0.4, 0.5) is 32.4 Å². The average molecular weight is 481 g/mol. The second-order valence-electron chi connectivity index (χ2n) is 8.00. The molecule has 0 saturated carbocycles. The standard InChI is InChI=1S/C22H20F5N5O2/c1-14(32-13-28-12-29-32)21(34,18-7-4-16(23)10-19(18)24)11-30-8-9-31(20(30)33)17-5-2-15(3-6-17)22(25,26)27/h2-7,10,12-14,34H,8-9,11H2,1H3/t14?,21-/m0/s1. The Balaban J connectivity index is 1.63. The zero-order valence-electron chi connectivity index (χ0n) is 17.9. The smallest absolute Gasteiger partial charge is 0.381 e. The molecule has 1 aliphatic heterocycles. The van der Waals surface area contributed by atoms with E-state index in [1.807, 2.05) is 0 Å². The van der Waals surface area contributed by atoms with Crippen LogP contribution in [0.25, 0.3) is 0 Å². The number of hydrogen-bond acceptors (Lipinski definition) is 4. The summed E-state index contributed by atoms with van der Waals surface area (Å²) in [4.78, 5) is 19.4. The van der Waals surface area contributed by atoms with Crippen LogP contribution < -0.4 is 4.90 Å². The van der Waals surface area contributed by atoms with E-state index in [1.54, 1.807) is 6.92 Å². The molecule has 2 atom stereocenters. The van der Waals surface area contributed by atoms with E-state index in [2.05, 4.69) is 10.1 Å². The molecule has 3 aromatic rings. The van der Waals surface area contributed by atoms with Gasteiger partial charge in [-0.2, -0.15) is 18.3 Å². The number of urea groups is 1. The summed E-state index contributed by atoms with van der Waals surface area (Å²) in [5.74, 6) is -1.83. The van der Waals surface area contributed by atoms with E-state index >= 15 is 0 Å². The number of rotatable bonds is 6. The molecule has 0 bridgehead atoms. The Bertz CT molecular complexity index is 1170. The van der Waals surface area contributed by atoms with Crippen molar-refractivity contribution in [2.45, 2.75) is 24.7 Å². The first-order valence-corrected chi connectivity index (χ1v) is 10.3. The van der Waals surface area contributed by atoms with Gasteiger partial charge in [-0.25, -0.2) is 23.2 Å². The Morgan fingerprint density at radius 2 is 1.79 bits per heavy atom. The maximum absolute atomic E-state index is 14.7. The summed E-state index contributed by atoms with van der Waals surface area (Å²) in [6, 6.07) is 5.38. The van der Waals surface area contributed by atoms with Gasteiger partial charge in [-0.15, -0.1) is 0 Å². The van der Waals surface area contributed by atoms with Crippen LogP contribution >= 0.6 is 0 Å². The largest absolute Gasteiger partial charge is 0.416 e. The van der Waals surface area contributed by atoms with Gasteiger partial charge in [-0.05, 0) is 37.3 Å². The number of anilines is 1. The third kappa shape index (κ3) is 4.32. The molecule has 2 heterocycles. The highest BCUT2D eigenvalue weighted by Crippen LogP contribution is 2.37. The number of hydrogen-bond donors (Lipinski definition) is 1. The quantitative estimate of drug-likeness (QED) is 0.541. The lowest BCUT2D eigenvalue weighted by Gasteiger charge is -2.37. The molecule has 1 aliphatic rings. The lowest BCUT2D eigenvalue weighted by molar-refractivity contribution is -0.137. The molecular formula is C22H20F5N5O2. The molecule has 1 aromatic heterocycles. The summed E-state index contributed by atoms with van der Waals surface area (Å²) in [5, 5.41) is 15.6. The maximum atomic E-state index is 14.7. The van der Waals surface area contributed by atoms with Crippen LogP contribution in [-0.4, -0.2) is 50.4 Å². The van der Waals surface area contributed by atoms with Gasteiger partial charge in [-0.3, -0.25) is 4.90 Å². The Morgan fingerprint density at radius 1 is 1.09 bits per heavy atom. The zero-order chi connectivity index (χ0) is 24.7. The molecule has 180 valence electrons. The minimum atomic E-state index is -4.51. The molecule has 1 N–H and O–H groups in total. The van der Waals surface area contributed by atoms with Gasteiger partial charge >= 0.3 is 12.2 Å². The molecule has 0 radical (unpaired) electrons. The predicted molar refractivity (Wildman–Crippen MR) is 111 cm³/mol. The van der Waals surface area contributed by atoms with Gasteiger partial charge in [0.25, 0.3) is 0 Å². The van der Waals surface area contributed by atoms with Gasteiger partial charge in [0.2, 0.25) is 0 Å². The van der Waals surface area contributed by atoms with Crippen molar-refractivity contribution in [1.29, 1.82) is 0 Å². The van der Waals surface area contributed by atoms with Crippen LogP contribution in [0, 0.1) is 11.6 Å². The predicted octanol–water partition coefficient (Wildman–Crippen LogP) is 3.97. The van der Waals surface area contributed by atoms with E-state index in [0.717, 1.165) is 24.3 Å². The molecule has 1 saturated heterocycles. The van der Waals surface area contributed by atoms with Crippen LogP contribution in [0.3, 0.4) is 0 Å². The highest BCUT2D eigenvalue weighted by molar-refractivity contribution is 5.94. The van der Waals surface area contributed by atoms with Crippen LogP contribution in [0.2, 0.25) is 0 Å². The summed E-state index contributed by atoms with van der Waals surface area (Å²) in [6.07, 6.45) is -1.96. The number of carbonyl (C=O) groups is 1. The number of nitrogens with zero attached hydrogens (tertiary/aromatic N) is 5. The van der Waals surface area contributed by atoms with Crippen LogP contribution in [0.5, 0.6) is 0 Å². The van der Waals surface area contributed by atoms with Gasteiger partial charge in [-0.1, -0.05) is 6.07 Å². The van der Waals surface area contributed by atoms with Crippen LogP contribution in [0.15, 0.2) is 55.1 Å². The van der Waals surface area contributed by atoms with E-state index in [9.17, 15) is 31.9 Å². The Hall–Kier alpha value is -3.54. The molecule has 2 aromatic carbocycles. The third-order valence-corrected chi connectivity index (χ3v) is 5.96. The zero-order valence-corrected chi connectivity index (χ0v) is 17.9. The normalized spacial score (nSPS) is 17.2. The second-order valence-corrected chi connectivity index (χ2v) is 8.00. The van der Waals surface area contributed by atoms with Crippen molar-refractivity contribution in [2.24, 2.45) is 0 Å². The van der Waals surface area contributed by atoms with E-state index in [0.29, 0.717) is 6.07 Å². The van der Waals surface area contributed by atoms with Crippen molar-refractivity contribution in [1.82, 2.24) is 19.7 Å². The van der Waals surface area contributed by atoms with E-state index in [4.69, 9.17) is 0 Å². The van der Waals surface area contributed by atoms with E-state index < -0.39 is 41.0 Å². The van der Waals surface area contributed by atoms with Gasteiger partial charge in [0.15, 0.2) is 0 Å². The van der Waals surface area contributed by atoms with E-state index in [-0.39, 0.29) is 30.9 Å². The molecular weight excluding hydrogens is 461 g/mol. The van der Waals surface area contributed by atoms with Gasteiger partial charge < -0.3 is 10.0 Å². The number of β-amino-alcohol motifs (C(OH)–C–C–N with tert-alkyl or cyclic N) is 1. The summed E-state index contributed by atoms with van der Waals surface area (Å²) in [5.41, 5.74) is -2.86. The highest BCUT2D eigenvalue weighted by atomic mass is 19.4. The molecule has 1 unspecified atom stereocenters. The second kappa shape index (κ2) is 8.67. The number of amides is 2. The highest BCUT2D eigenvalue weighted by Gasteiger charge is 2.44. The Morgan fingerprint density at radius 3 is 2.38 bits per heavy atom. The molecule has 34 heavy (non-hydrogen) atoms. The van der Waals surface area contributed by atoms with Gasteiger partial charge in [0, 0.05) is 30.4 Å². The lowest BCUT2D eigenvalue weighted by atomic mass is 9.86. The summed E-state index contributed by atoms with van der Waals surface area (Å²) < 4.78 is 68.1. The molecule has 12 heteroatoms. The topological polar surface area (TPSA) is 74.5 Å². The fourth-order valence-electron chi connectivity index (χ4n) is 4.01. The molecule has 7 nitrogen and oxygen atoms in total. The van der Waals surface area contributed by atoms with Crippen molar-refractivity contribution in [3.8, 4) is 0 Å². The summed E-state index contributed by atoms with van der Waals surface area (Å²) in [7, 11) is 0. The Kier molecular flexibility index (Phi) is 6.02. The molecule has 0 spiro atoms. The van der Waals surface area contributed by atoms with Crippen LogP contribution in [-0.2, 0) is 11.8 Å². The number of halogens is 5. The number of aromatic nitrogens is 3. The fraction of sp³-hybridized carbons (Fsp3) is 0.318. The number of benzene rings is 2. The van der Waals surface area contributed by atoms with Crippen molar-refractivity contribution >= 4 is 11.7 Å². The summed E-state index contributed by atoms with van der Waals surface area (Å²) >= 11 is 0. The van der Waals surface area contributed by atoms with Crippen molar-refractivity contribution in [3.05, 3.63) is 77.9 Å². The molecule has 1 fully saturated rings. The molecule has 4 rings (SSSR count). The van der Waals surface area contributed by atoms with E-state index in [1.165, 1.54) is 39.3 Å². The summed E-state index contributed by atoms with van der Waals surface area (Å²) in [6.45, 7) is 1.43. The first kappa shape index (κ1) is 23.6. The monoisotopic (exact) mass is 481 g/mol. The number of aliphatic hydroxyl groups is 1. The van der Waals surface area contributed by atoms with Gasteiger partial charge in [0.05, 0.1) is 18.2 Å². The lowest BCUT2D eigenvalue weighted by Crippen LogP contribution is -2.48. The van der Waals surface area contributed by atoms with Crippen molar-refractivity contribution in [3.63, 3.8) is 0 Å². The first-order chi connectivity index (χ1) is 16.0. The third-order valence-electron chi connectivity index (χ3n) is 5.96. The number of alkyl halides is 3. The molecule has 0 aliphatic carbocycles. The van der Waals surface area contributed by atoms with Gasteiger partial charge in [0.1, 0.15) is 29.9 Å². The maximum Gasteiger partial charge on any atom is 0.416 e. The average Bonchev–Trinajstić information content (AvgIpc) is 3.43. The Labute approximate surface area is 191 Å². The molecule has 2 amide bonds. The van der Waals surface area contributed by atoms with Crippen molar-refractivity contribution < 1.29 is 31.9 Å². The fourth-order valence-corrected chi connectivity index (χ4v) is 4.01. The SMILES string of the molecule is CC(n1cncn1)[C@@](O)(CN1CCN(c2ccc(C(F)(F)F)cc2)C1=O)c1ccc(F)cc1F. The minimum absolute atomic E-state index is 0.120. The van der Waals surface area contributed by atoms with Crippen molar-refractivity contribution in [2.75, 3.05) is 24.5 Å². The number of carbonyl (C=O) groups excluding carboxylic acids is 1. The first-order valence-electron chi connectivity index (χ1n) is 10.3.